The Morgan fingerprint density at radius 2 is 1.39 bits per heavy atom. The number of aliphatic hydroxyl groups is 1. The van der Waals surface area contributed by atoms with Gasteiger partial charge >= 0.3 is 0 Å². The van der Waals surface area contributed by atoms with E-state index in [0.29, 0.717) is 46.2 Å². The van der Waals surface area contributed by atoms with E-state index in [9.17, 15) is 4.79 Å². The smallest absolute Gasteiger partial charge is 0.216 e. The van der Waals surface area contributed by atoms with Gasteiger partial charge in [0, 0.05) is 13.5 Å². The maximum atomic E-state index is 10.5. The summed E-state index contributed by atoms with van der Waals surface area (Å²) < 4.78 is 15.4. The minimum Gasteiger partial charge on any atom is -0.394 e. The van der Waals surface area contributed by atoms with E-state index in [1.807, 2.05) is 13.8 Å². The first-order chi connectivity index (χ1) is 8.77. The van der Waals surface area contributed by atoms with Gasteiger partial charge in [-0.25, -0.2) is 0 Å². The van der Waals surface area contributed by atoms with E-state index >= 15 is 0 Å². The summed E-state index contributed by atoms with van der Waals surface area (Å²) in [5.74, 6) is -0.0547. The quantitative estimate of drug-likeness (QED) is 0.522. The van der Waals surface area contributed by atoms with Crippen LogP contribution in [0.4, 0.5) is 0 Å². The molecule has 0 atom stereocenters. The molecule has 0 aliphatic heterocycles. The lowest BCUT2D eigenvalue weighted by Crippen LogP contribution is -2.25. The maximum Gasteiger partial charge on any atom is 0.216 e. The van der Waals surface area contributed by atoms with Gasteiger partial charge in [0.25, 0.3) is 0 Å². The highest BCUT2D eigenvalue weighted by atomic mass is 16.5. The molecule has 2 N–H and O–H groups in total. The molecule has 0 aliphatic rings. The van der Waals surface area contributed by atoms with Crippen molar-refractivity contribution in [1.29, 1.82) is 0 Å². The van der Waals surface area contributed by atoms with Gasteiger partial charge in [0.1, 0.15) is 0 Å². The molecule has 0 aromatic heterocycles. The molecule has 1 amide bonds. The number of carbonyl (C=O) groups is 1. The van der Waals surface area contributed by atoms with E-state index < -0.39 is 0 Å². The number of carbonyl (C=O) groups excluding carboxylic acids is 1. The molecule has 6 nitrogen and oxygen atoms in total. The minimum absolute atomic E-state index is 0.0340. The lowest BCUT2D eigenvalue weighted by molar-refractivity contribution is -0.119. The minimum atomic E-state index is -0.0547. The van der Waals surface area contributed by atoms with E-state index in [-0.39, 0.29) is 12.5 Å². The zero-order chi connectivity index (χ0) is 14.1. The van der Waals surface area contributed by atoms with Crippen LogP contribution < -0.4 is 5.32 Å². The van der Waals surface area contributed by atoms with Crippen molar-refractivity contribution >= 4 is 5.91 Å². The Labute approximate surface area is 110 Å². The molecule has 0 bridgehead atoms. The van der Waals surface area contributed by atoms with Gasteiger partial charge in [0.05, 0.1) is 46.2 Å². The Hall–Kier alpha value is -0.690. The van der Waals surface area contributed by atoms with Crippen molar-refractivity contribution in [3.05, 3.63) is 0 Å². The number of ether oxygens (including phenoxy) is 3. The van der Waals surface area contributed by atoms with Gasteiger partial charge in [-0.1, -0.05) is 13.8 Å². The van der Waals surface area contributed by atoms with E-state index in [0.717, 1.165) is 0 Å². The topological polar surface area (TPSA) is 77.0 Å². The standard InChI is InChI=1S/C10H21NO5.C2H6/c1-10(13)11-2-4-14-6-8-16-9-7-15-5-3-12;1-2/h12H,2-9H2,1H3,(H,11,13);1-2H3. The monoisotopic (exact) mass is 265 g/mol. The Balaban J connectivity index is 0. The molecular formula is C12H27NO5. The molecule has 110 valence electrons. The number of nitrogens with one attached hydrogen (secondary N) is 1. The molecule has 0 saturated carbocycles. The molecule has 0 spiro atoms. The van der Waals surface area contributed by atoms with Crippen LogP contribution in [0.15, 0.2) is 0 Å². The van der Waals surface area contributed by atoms with Crippen molar-refractivity contribution < 1.29 is 24.1 Å². The van der Waals surface area contributed by atoms with Crippen LogP contribution in [0.1, 0.15) is 20.8 Å². The number of aliphatic hydroxyl groups excluding tert-OH is 1. The van der Waals surface area contributed by atoms with Gasteiger partial charge in [-0.05, 0) is 0 Å². The number of rotatable bonds is 11. The Kier molecular flexibility index (Phi) is 20.4. The molecule has 0 aromatic carbocycles. The average molecular weight is 265 g/mol. The second kappa shape index (κ2) is 18.7. The molecule has 6 heteroatoms. The molecule has 0 heterocycles. The molecular weight excluding hydrogens is 238 g/mol. The van der Waals surface area contributed by atoms with Crippen LogP contribution in [-0.4, -0.2) is 63.8 Å². The van der Waals surface area contributed by atoms with Gasteiger partial charge in [0.15, 0.2) is 0 Å². The van der Waals surface area contributed by atoms with E-state index in [4.69, 9.17) is 19.3 Å². The van der Waals surface area contributed by atoms with Crippen LogP contribution in [0, 0.1) is 0 Å². The Morgan fingerprint density at radius 3 is 1.83 bits per heavy atom. The second-order valence-corrected chi connectivity index (χ2v) is 3.04. The summed E-state index contributed by atoms with van der Waals surface area (Å²) in [7, 11) is 0. The van der Waals surface area contributed by atoms with Crippen molar-refractivity contribution in [3.63, 3.8) is 0 Å². The lowest BCUT2D eigenvalue weighted by Gasteiger charge is -2.06. The molecule has 0 saturated heterocycles. The molecule has 0 aliphatic carbocycles. The highest BCUT2D eigenvalue weighted by Crippen LogP contribution is 1.80. The summed E-state index contributed by atoms with van der Waals surface area (Å²) in [6, 6.07) is 0. The molecule has 0 unspecified atom stereocenters. The first kappa shape index (κ1) is 19.6. The fourth-order valence-corrected chi connectivity index (χ4v) is 0.906. The van der Waals surface area contributed by atoms with Crippen LogP contribution >= 0.6 is 0 Å². The average Bonchev–Trinajstić information content (AvgIpc) is 2.38. The zero-order valence-corrected chi connectivity index (χ0v) is 11.7. The van der Waals surface area contributed by atoms with Crippen LogP contribution in [0.25, 0.3) is 0 Å². The first-order valence-electron chi connectivity index (χ1n) is 6.36. The van der Waals surface area contributed by atoms with Crippen LogP contribution in [0.2, 0.25) is 0 Å². The third-order valence-corrected chi connectivity index (χ3v) is 1.60. The summed E-state index contributed by atoms with van der Waals surface area (Å²) in [6.07, 6.45) is 0. The first-order valence-corrected chi connectivity index (χ1v) is 6.36. The van der Waals surface area contributed by atoms with Crippen molar-refractivity contribution in [3.8, 4) is 0 Å². The van der Waals surface area contributed by atoms with E-state index in [1.165, 1.54) is 6.92 Å². The summed E-state index contributed by atoms with van der Waals surface area (Å²) in [4.78, 5) is 10.5. The summed E-state index contributed by atoms with van der Waals surface area (Å²) >= 11 is 0. The third kappa shape index (κ3) is 20.7. The van der Waals surface area contributed by atoms with Gasteiger partial charge in [-0.15, -0.1) is 0 Å². The number of hydrogen-bond acceptors (Lipinski definition) is 5. The predicted octanol–water partition coefficient (Wildman–Crippen LogP) is 0.191. The van der Waals surface area contributed by atoms with Gasteiger partial charge in [-0.2, -0.15) is 0 Å². The van der Waals surface area contributed by atoms with Crippen LogP contribution in [-0.2, 0) is 19.0 Å². The summed E-state index contributed by atoms with van der Waals surface area (Å²) in [5.41, 5.74) is 0. The Bertz CT molecular complexity index is 167. The summed E-state index contributed by atoms with van der Waals surface area (Å²) in [6.45, 7) is 8.83. The van der Waals surface area contributed by atoms with Gasteiger partial charge in [-0.3, -0.25) is 4.79 Å². The molecule has 0 fully saturated rings. The predicted molar refractivity (Wildman–Crippen MR) is 69.6 cm³/mol. The highest BCUT2D eigenvalue weighted by molar-refractivity contribution is 5.72. The fraction of sp³-hybridized carbons (Fsp3) is 0.917. The normalized spacial score (nSPS) is 9.56. The van der Waals surface area contributed by atoms with Gasteiger partial charge < -0.3 is 24.6 Å². The summed E-state index contributed by atoms with van der Waals surface area (Å²) in [5, 5.41) is 11.0. The SMILES string of the molecule is CC.CC(=O)NCCOCCOCCOCCO. The molecule has 18 heavy (non-hydrogen) atoms. The fourth-order valence-electron chi connectivity index (χ4n) is 0.906. The van der Waals surface area contributed by atoms with Crippen molar-refractivity contribution in [2.45, 2.75) is 20.8 Å². The number of amides is 1. The Morgan fingerprint density at radius 1 is 0.944 bits per heavy atom. The lowest BCUT2D eigenvalue weighted by atomic mass is 10.6. The molecule has 0 rings (SSSR count). The second-order valence-electron chi connectivity index (χ2n) is 3.04. The maximum absolute atomic E-state index is 10.5. The van der Waals surface area contributed by atoms with E-state index in [1.54, 1.807) is 0 Å². The van der Waals surface area contributed by atoms with Gasteiger partial charge in [0.2, 0.25) is 5.91 Å². The van der Waals surface area contributed by atoms with Crippen molar-refractivity contribution in [1.82, 2.24) is 5.32 Å². The largest absolute Gasteiger partial charge is 0.394 e. The third-order valence-electron chi connectivity index (χ3n) is 1.60. The van der Waals surface area contributed by atoms with Crippen LogP contribution in [0.5, 0.6) is 0 Å². The highest BCUT2D eigenvalue weighted by Gasteiger charge is 1.92. The number of hydrogen-bond donors (Lipinski definition) is 2. The van der Waals surface area contributed by atoms with Crippen LogP contribution in [0.3, 0.4) is 0 Å². The zero-order valence-electron chi connectivity index (χ0n) is 11.7. The molecule has 0 radical (unpaired) electrons. The molecule has 0 aromatic rings. The van der Waals surface area contributed by atoms with Crippen molar-refractivity contribution in [2.75, 3.05) is 52.8 Å². The van der Waals surface area contributed by atoms with E-state index in [2.05, 4.69) is 5.32 Å². The van der Waals surface area contributed by atoms with Crippen molar-refractivity contribution in [2.24, 2.45) is 0 Å².